The van der Waals surface area contributed by atoms with Gasteiger partial charge in [0.15, 0.2) is 5.11 Å². The van der Waals surface area contributed by atoms with Crippen molar-refractivity contribution >= 4 is 46.8 Å². The summed E-state index contributed by atoms with van der Waals surface area (Å²) in [4.78, 5) is 14.7. The van der Waals surface area contributed by atoms with E-state index in [1.54, 1.807) is 109 Å². The summed E-state index contributed by atoms with van der Waals surface area (Å²) >= 11 is 5.37. The number of benzene rings is 6. The minimum absolute atomic E-state index is 0. The summed E-state index contributed by atoms with van der Waals surface area (Å²) in [6.07, 6.45) is -20.8. The Morgan fingerprint density at radius 3 is 1.33 bits per heavy atom. The molecular formula is C47H37BrF12N3OPS. The SMILES string of the molecule is O=C(N[C@@H](Cc1ccccc1)C[P+](Cc1cc(C(F)(F)F)cc(C(F)(F)F)c1)(c1ccccc1)c1ccccc1)[C@H](NC(=S)Nc1cc(C(F)(F)F)cc(C(F)(F)F)c1)c1ccccc1.[Br-]. The van der Waals surface area contributed by atoms with E-state index in [0.29, 0.717) is 40.4 Å². The number of hydrogen-bond donors (Lipinski definition) is 3. The largest absolute Gasteiger partial charge is 1.00 e. The van der Waals surface area contributed by atoms with Gasteiger partial charge in [0.05, 0.1) is 58.5 Å². The van der Waals surface area contributed by atoms with Gasteiger partial charge in [-0.1, -0.05) is 97.1 Å². The average molecular weight is 1030 g/mol. The number of anilines is 1. The second-order valence-electron chi connectivity index (χ2n) is 15.0. The van der Waals surface area contributed by atoms with Crippen LogP contribution in [0.2, 0.25) is 0 Å². The molecule has 0 aliphatic rings. The van der Waals surface area contributed by atoms with E-state index in [1.807, 2.05) is 0 Å². The van der Waals surface area contributed by atoms with Crippen molar-refractivity contribution in [2.24, 2.45) is 0 Å². The van der Waals surface area contributed by atoms with Crippen LogP contribution in [-0.2, 0) is 42.1 Å². The molecule has 0 aliphatic carbocycles. The number of nitrogens with one attached hydrogen (secondary N) is 3. The van der Waals surface area contributed by atoms with Gasteiger partial charge in [-0.05, 0) is 96.0 Å². The maximum absolute atomic E-state index is 14.7. The number of rotatable bonds is 13. The van der Waals surface area contributed by atoms with Gasteiger partial charge in [0.25, 0.3) is 0 Å². The molecule has 0 bridgehead atoms. The summed E-state index contributed by atoms with van der Waals surface area (Å²) in [5.74, 6) is -0.779. The van der Waals surface area contributed by atoms with Gasteiger partial charge in [-0.15, -0.1) is 0 Å². The first-order valence-electron chi connectivity index (χ1n) is 19.5. The Kier molecular flexibility index (Phi) is 16.4. The number of carbonyl (C=O) groups is 1. The summed E-state index contributed by atoms with van der Waals surface area (Å²) in [6, 6.07) is 33.6. The lowest BCUT2D eigenvalue weighted by Gasteiger charge is -2.33. The van der Waals surface area contributed by atoms with E-state index in [2.05, 4.69) is 16.0 Å². The van der Waals surface area contributed by atoms with Crippen molar-refractivity contribution < 1.29 is 74.5 Å². The molecule has 6 aromatic carbocycles. The van der Waals surface area contributed by atoms with Gasteiger partial charge in [-0.25, -0.2) is 0 Å². The number of carbonyl (C=O) groups excluding carboxylic acids is 1. The molecule has 0 radical (unpaired) electrons. The highest BCUT2D eigenvalue weighted by Gasteiger charge is 2.47. The summed E-state index contributed by atoms with van der Waals surface area (Å²) in [5.41, 5.74) is -6.16. The van der Waals surface area contributed by atoms with Crippen LogP contribution in [0.3, 0.4) is 0 Å². The first-order valence-corrected chi connectivity index (χ1v) is 22.1. The van der Waals surface area contributed by atoms with Crippen LogP contribution in [0.5, 0.6) is 0 Å². The molecule has 0 fully saturated rings. The number of amides is 1. The van der Waals surface area contributed by atoms with Gasteiger partial charge in [0.2, 0.25) is 5.91 Å². The number of thiocarbonyl (C=S) groups is 1. The van der Waals surface area contributed by atoms with Crippen LogP contribution in [0.15, 0.2) is 158 Å². The molecular weight excluding hydrogens is 993 g/mol. The molecule has 4 nitrogen and oxygen atoms in total. The molecule has 0 aliphatic heterocycles. The van der Waals surface area contributed by atoms with E-state index >= 15 is 0 Å². The Balaban J connectivity index is 0.00000817. The molecule has 0 heterocycles. The molecule has 66 heavy (non-hydrogen) atoms. The second-order valence-corrected chi connectivity index (χ2v) is 19.1. The summed E-state index contributed by atoms with van der Waals surface area (Å²) in [6.45, 7) is 0. The molecule has 0 saturated carbocycles. The van der Waals surface area contributed by atoms with Crippen LogP contribution >= 0.6 is 19.5 Å². The molecule has 0 aromatic heterocycles. The van der Waals surface area contributed by atoms with Crippen LogP contribution in [0.1, 0.15) is 45.0 Å². The first-order chi connectivity index (χ1) is 30.5. The number of halogens is 13. The molecule has 3 N–H and O–H groups in total. The molecule has 6 aromatic rings. The lowest BCUT2D eigenvalue weighted by molar-refractivity contribution is -0.144. The molecule has 6 rings (SSSR count). The van der Waals surface area contributed by atoms with Gasteiger partial charge < -0.3 is 32.9 Å². The highest BCUT2D eigenvalue weighted by Crippen LogP contribution is 2.60. The number of alkyl halides is 12. The third kappa shape index (κ3) is 13.3. The predicted molar refractivity (Wildman–Crippen MR) is 231 cm³/mol. The van der Waals surface area contributed by atoms with Crippen LogP contribution in [0, 0.1) is 0 Å². The Labute approximate surface area is 387 Å². The predicted octanol–water partition coefficient (Wildman–Crippen LogP) is 9.39. The molecule has 348 valence electrons. The lowest BCUT2D eigenvalue weighted by atomic mass is 10.0. The fourth-order valence-electron chi connectivity index (χ4n) is 7.45. The molecule has 19 heteroatoms. The normalized spacial score (nSPS) is 13.2. The summed E-state index contributed by atoms with van der Waals surface area (Å²) < 4.78 is 168. The van der Waals surface area contributed by atoms with Crippen LogP contribution in [0.25, 0.3) is 0 Å². The Hall–Kier alpha value is -5.45. The van der Waals surface area contributed by atoms with E-state index in [9.17, 15) is 57.5 Å². The van der Waals surface area contributed by atoms with E-state index in [4.69, 9.17) is 12.2 Å². The fraction of sp³-hybridized carbons (Fsp3) is 0.191. The highest BCUT2D eigenvalue weighted by atomic mass is 79.9. The third-order valence-electron chi connectivity index (χ3n) is 10.3. The van der Waals surface area contributed by atoms with Gasteiger partial charge in [-0.3, -0.25) is 4.79 Å². The van der Waals surface area contributed by atoms with Gasteiger partial charge in [-0.2, -0.15) is 52.7 Å². The van der Waals surface area contributed by atoms with Crippen molar-refractivity contribution in [2.75, 3.05) is 11.5 Å². The zero-order valence-electron chi connectivity index (χ0n) is 34.0. The second kappa shape index (κ2) is 21.0. The van der Waals surface area contributed by atoms with Crippen molar-refractivity contribution in [1.29, 1.82) is 0 Å². The summed E-state index contributed by atoms with van der Waals surface area (Å²) in [7, 11) is -3.22. The molecule has 1 amide bonds. The van der Waals surface area contributed by atoms with Crippen molar-refractivity contribution in [2.45, 2.75) is 49.4 Å². The van der Waals surface area contributed by atoms with Gasteiger partial charge in [0.1, 0.15) is 6.04 Å². The first kappa shape index (κ1) is 51.5. The quantitative estimate of drug-likeness (QED) is 0.0614. The minimum atomic E-state index is -5.16. The average Bonchev–Trinajstić information content (AvgIpc) is 3.25. The minimum Gasteiger partial charge on any atom is -1.00 e. The van der Waals surface area contributed by atoms with Crippen LogP contribution in [0.4, 0.5) is 58.4 Å². The van der Waals surface area contributed by atoms with E-state index < -0.39 is 83.0 Å². The fourth-order valence-corrected chi connectivity index (χ4v) is 12.2. The van der Waals surface area contributed by atoms with Crippen LogP contribution in [-0.4, -0.2) is 23.2 Å². The van der Waals surface area contributed by atoms with E-state index in [0.717, 1.165) is 0 Å². The third-order valence-corrected chi connectivity index (χ3v) is 15.1. The van der Waals surface area contributed by atoms with E-state index in [1.165, 1.54) is 12.1 Å². The smallest absolute Gasteiger partial charge is 0.416 e. The Morgan fingerprint density at radius 1 is 0.515 bits per heavy atom. The highest BCUT2D eigenvalue weighted by molar-refractivity contribution is 7.88. The van der Waals surface area contributed by atoms with Crippen LogP contribution < -0.4 is 43.5 Å². The van der Waals surface area contributed by atoms with Crippen molar-refractivity contribution in [3.05, 3.63) is 197 Å². The zero-order chi connectivity index (χ0) is 47.2. The topological polar surface area (TPSA) is 53.2 Å². The van der Waals surface area contributed by atoms with Crippen molar-refractivity contribution in [3.63, 3.8) is 0 Å². The molecule has 0 unspecified atom stereocenters. The Morgan fingerprint density at radius 2 is 0.909 bits per heavy atom. The van der Waals surface area contributed by atoms with Crippen molar-refractivity contribution in [3.8, 4) is 0 Å². The molecule has 0 saturated heterocycles. The summed E-state index contributed by atoms with van der Waals surface area (Å²) in [5, 5.41) is 8.76. The zero-order valence-corrected chi connectivity index (χ0v) is 37.3. The van der Waals surface area contributed by atoms with E-state index in [-0.39, 0.29) is 59.0 Å². The standard InChI is InChI=1S/C47H36F12N3OPS.BrH/c48-44(49,50)33-21-31(22-34(24-33)45(51,52)53)28-64(39-17-9-3-10-18-39,40-19-11-4-12-20-40)29-38(23-30-13-5-1-6-14-30)60-42(63)41(32-15-7-2-8-16-32)62-43(65)61-37-26-35(46(54,55)56)25-36(27-37)47(57,58)59;/h1-22,24-27,38,41H,23,28-29H2,(H2-,60,61,62,63,65);1H/t38-,41+;/m0./s1. The van der Waals surface area contributed by atoms with Gasteiger partial charge >= 0.3 is 24.7 Å². The van der Waals surface area contributed by atoms with Gasteiger partial charge in [0, 0.05) is 5.69 Å². The Bertz CT molecular complexity index is 2460. The molecule has 2 atom stereocenters. The monoisotopic (exact) mass is 1030 g/mol. The lowest BCUT2D eigenvalue weighted by Crippen LogP contribution is -3.00. The maximum atomic E-state index is 14.7. The number of hydrogen-bond acceptors (Lipinski definition) is 2. The van der Waals surface area contributed by atoms with Crippen molar-refractivity contribution in [1.82, 2.24) is 10.6 Å². The molecule has 0 spiro atoms. The maximum Gasteiger partial charge on any atom is 0.416 e.